The summed E-state index contributed by atoms with van der Waals surface area (Å²) in [7, 11) is 0.518. The zero-order chi connectivity index (χ0) is 31.9. The maximum atomic E-state index is 15.2. The number of methoxy groups -OCH3 is 2. The summed E-state index contributed by atoms with van der Waals surface area (Å²) in [4.78, 5) is 23.1. The lowest BCUT2D eigenvalue weighted by molar-refractivity contribution is -0.141. The van der Waals surface area contributed by atoms with Crippen LogP contribution >= 0.6 is 0 Å². The number of esters is 2. The molecule has 0 heterocycles. The zero-order valence-corrected chi connectivity index (χ0v) is 27.5. The van der Waals surface area contributed by atoms with E-state index in [4.69, 9.17) is 9.16 Å². The highest BCUT2D eigenvalue weighted by Gasteiger charge is 2.40. The molecule has 9 heteroatoms. The van der Waals surface area contributed by atoms with Gasteiger partial charge in [0.25, 0.3) is 8.32 Å². The number of aromatic hydroxyl groups is 1. The number of halogens is 2. The number of phenols is 1. The molecule has 0 saturated heterocycles. The Hall–Kier alpha value is -3.20. The van der Waals surface area contributed by atoms with Crippen LogP contribution in [0.3, 0.4) is 0 Å². The van der Waals surface area contributed by atoms with E-state index in [1.807, 2.05) is 0 Å². The minimum absolute atomic E-state index is 0. The van der Waals surface area contributed by atoms with E-state index in [2.05, 4.69) is 38.6 Å². The summed E-state index contributed by atoms with van der Waals surface area (Å²) in [6.07, 6.45) is 7.56. The number of ether oxygens (including phenoxy) is 2. The van der Waals surface area contributed by atoms with E-state index in [1.165, 1.54) is 26.4 Å². The molecule has 1 unspecified atom stereocenters. The van der Waals surface area contributed by atoms with Crippen molar-refractivity contribution in [3.8, 4) is 11.5 Å². The Bertz CT molecular complexity index is 1310. The minimum Gasteiger partial charge on any atom is -0.542 e. The molecule has 0 aliphatic heterocycles. The summed E-state index contributed by atoms with van der Waals surface area (Å²) in [5.74, 6) is -1.00. The van der Waals surface area contributed by atoms with Gasteiger partial charge in [0.2, 0.25) is 0 Å². The third-order valence-electron chi connectivity index (χ3n) is 8.58. The molecule has 2 saturated carbocycles. The van der Waals surface area contributed by atoms with Crippen LogP contribution in [0.2, 0.25) is 18.1 Å². The third kappa shape index (κ3) is 11.6. The lowest BCUT2D eigenvalue weighted by atomic mass is 9.90. The van der Waals surface area contributed by atoms with Gasteiger partial charge in [-0.05, 0) is 84.8 Å². The van der Waals surface area contributed by atoms with Crippen LogP contribution in [0.25, 0.3) is 5.57 Å². The number of carbonyl (C=O) groups excluding carboxylic acids is 2. The molecule has 0 spiro atoms. The molecule has 252 valence electrons. The number of hydrogen-bond acceptors (Lipinski definition) is 6. The lowest BCUT2D eigenvalue weighted by Gasteiger charge is -2.36. The lowest BCUT2D eigenvalue weighted by Crippen LogP contribution is -2.44. The fourth-order valence-corrected chi connectivity index (χ4v) is 5.57. The third-order valence-corrected chi connectivity index (χ3v) is 12.9. The second-order valence-corrected chi connectivity index (χ2v) is 17.9. The van der Waals surface area contributed by atoms with E-state index in [9.17, 15) is 19.1 Å². The maximum absolute atomic E-state index is 15.2. The molecule has 0 radical (unpaired) electrons. The number of rotatable bonds is 11. The maximum Gasteiger partial charge on any atom is 0.330 e. The molecular weight excluding hydrogens is 594 g/mol. The first-order valence-corrected chi connectivity index (χ1v) is 17.9. The van der Waals surface area contributed by atoms with Gasteiger partial charge in [-0.2, -0.15) is 0 Å². The van der Waals surface area contributed by atoms with Gasteiger partial charge >= 0.3 is 11.9 Å². The van der Waals surface area contributed by atoms with Gasteiger partial charge in [-0.3, -0.25) is 4.79 Å². The van der Waals surface area contributed by atoms with Gasteiger partial charge in [0, 0.05) is 11.6 Å². The van der Waals surface area contributed by atoms with Gasteiger partial charge in [0.05, 0.1) is 20.6 Å². The van der Waals surface area contributed by atoms with Crippen molar-refractivity contribution < 1.29 is 37.4 Å². The van der Waals surface area contributed by atoms with Crippen LogP contribution in [0.4, 0.5) is 8.78 Å². The Labute approximate surface area is 270 Å². The van der Waals surface area contributed by atoms with E-state index in [1.54, 1.807) is 30.3 Å². The molecule has 2 aromatic carbocycles. The average Bonchev–Trinajstić information content (AvgIpc) is 3.87. The van der Waals surface area contributed by atoms with E-state index in [0.717, 1.165) is 32.1 Å². The van der Waals surface area contributed by atoms with Gasteiger partial charge in [-0.25, -0.2) is 13.6 Å². The molecule has 2 aliphatic rings. The first-order chi connectivity index (χ1) is 20.2. The van der Waals surface area contributed by atoms with Crippen molar-refractivity contribution in [2.24, 2.45) is 11.8 Å². The van der Waals surface area contributed by atoms with E-state index in [-0.39, 0.29) is 55.5 Å². The summed E-state index contributed by atoms with van der Waals surface area (Å²) >= 11 is 0. The van der Waals surface area contributed by atoms with Crippen LogP contribution in [-0.4, -0.2) is 39.6 Å². The summed E-state index contributed by atoms with van der Waals surface area (Å²) in [6.45, 7) is 10.5. The summed E-state index contributed by atoms with van der Waals surface area (Å²) < 4.78 is 44.6. The van der Waals surface area contributed by atoms with Crippen LogP contribution in [0.5, 0.6) is 11.5 Å². The van der Waals surface area contributed by atoms with Gasteiger partial charge in [-0.1, -0.05) is 72.7 Å². The van der Waals surface area contributed by atoms with Crippen LogP contribution in [0.15, 0.2) is 42.5 Å². The second kappa shape index (κ2) is 16.9. The molecule has 2 aliphatic carbocycles. The smallest absolute Gasteiger partial charge is 0.330 e. The number of hydrogen-bond donors (Lipinski definition) is 1. The summed E-state index contributed by atoms with van der Waals surface area (Å²) in [5.41, 5.74) is 1.54. The van der Waals surface area contributed by atoms with Crippen molar-refractivity contribution in [2.75, 3.05) is 14.2 Å². The van der Waals surface area contributed by atoms with Crippen LogP contribution in [0, 0.1) is 23.5 Å². The van der Waals surface area contributed by atoms with Gasteiger partial charge < -0.3 is 19.0 Å². The van der Waals surface area contributed by atoms with E-state index in [0.29, 0.717) is 35.0 Å². The minimum atomic E-state index is -2.14. The molecule has 0 amide bonds. The van der Waals surface area contributed by atoms with Gasteiger partial charge in [0.1, 0.15) is 5.75 Å². The summed E-state index contributed by atoms with van der Waals surface area (Å²) in [6, 6.07) is 9.72. The SMILES string of the molecule is C.C.COC(=O)C=C(CC1CC1)c1cccc(O[Si](C)(C)C(C)(C)C)c1F.COC(=O)CC(CC1CC1)c1cccc(O)c1F. The molecule has 2 aromatic rings. The molecule has 0 aromatic heterocycles. The largest absolute Gasteiger partial charge is 0.542 e. The second-order valence-electron chi connectivity index (χ2n) is 13.2. The van der Waals surface area contributed by atoms with Crippen LogP contribution in [-0.2, 0) is 19.1 Å². The number of carbonyl (C=O) groups is 2. The molecule has 6 nitrogen and oxygen atoms in total. The fraction of sp³-hybridized carbons (Fsp3) is 0.556. The highest BCUT2D eigenvalue weighted by Crippen LogP contribution is 2.43. The van der Waals surface area contributed by atoms with Crippen molar-refractivity contribution in [2.45, 2.75) is 105 Å². The van der Waals surface area contributed by atoms with Crippen molar-refractivity contribution in [3.05, 3.63) is 65.2 Å². The topological polar surface area (TPSA) is 82.1 Å². The highest BCUT2D eigenvalue weighted by atomic mass is 28.4. The molecule has 1 N–H and O–H groups in total. The van der Waals surface area contributed by atoms with Crippen LogP contribution in [0.1, 0.15) is 97.6 Å². The summed E-state index contributed by atoms with van der Waals surface area (Å²) in [5, 5.41) is 9.38. The quantitative estimate of drug-likeness (QED) is 0.148. The molecule has 45 heavy (non-hydrogen) atoms. The zero-order valence-electron chi connectivity index (χ0n) is 26.5. The predicted molar refractivity (Wildman–Crippen MR) is 180 cm³/mol. The highest BCUT2D eigenvalue weighted by molar-refractivity contribution is 6.74. The molecule has 4 rings (SSSR count). The van der Waals surface area contributed by atoms with Crippen molar-refractivity contribution in [1.29, 1.82) is 0 Å². The Kier molecular flexibility index (Phi) is 15.0. The van der Waals surface area contributed by atoms with Crippen molar-refractivity contribution in [1.82, 2.24) is 0 Å². The molecule has 0 bridgehead atoms. The fourth-order valence-electron chi connectivity index (χ4n) is 4.56. The van der Waals surface area contributed by atoms with Crippen molar-refractivity contribution >= 4 is 25.8 Å². The number of allylic oxidation sites excluding steroid dienone is 1. The normalized spacial score (nSPS) is 15.4. The Balaban J connectivity index is 0.000000451. The van der Waals surface area contributed by atoms with E-state index >= 15 is 4.39 Å². The molecule has 2 fully saturated rings. The van der Waals surface area contributed by atoms with Crippen molar-refractivity contribution in [3.63, 3.8) is 0 Å². The van der Waals surface area contributed by atoms with E-state index < -0.39 is 20.1 Å². The number of phenolic OH excluding ortho intramolecular Hbond substituents is 1. The first kappa shape index (κ1) is 39.8. The standard InChI is InChI=1S/C20H29FO3Si.C14H17FO3.2CH4/c1-20(2,3)25(5,6)24-17-9-7-8-16(19(17)21)15(12-14-10-11-14)13-18(22)23-4;1-18-13(17)8-10(7-9-5-6-9)11-3-2-4-12(16)14(11)15;;/h7-9,13-14H,10-12H2,1-6H3;2-4,9-10,16H,5-8H2,1H3;2*1H4. The monoisotopic (exact) mass is 648 g/mol. The van der Waals surface area contributed by atoms with Crippen LogP contribution < -0.4 is 4.43 Å². The van der Waals surface area contributed by atoms with Gasteiger partial charge in [0.15, 0.2) is 17.4 Å². The average molecular weight is 649 g/mol. The predicted octanol–water partition coefficient (Wildman–Crippen LogP) is 9.82. The van der Waals surface area contributed by atoms with Gasteiger partial charge in [-0.15, -0.1) is 0 Å². The Morgan fingerprint density at radius 3 is 2.09 bits per heavy atom. The molecular formula is C36H54F2O6Si. The number of benzene rings is 2. The Morgan fingerprint density at radius 2 is 1.56 bits per heavy atom. The first-order valence-electron chi connectivity index (χ1n) is 15.0. The Morgan fingerprint density at radius 1 is 0.956 bits per heavy atom. The molecule has 1 atom stereocenters.